The number of carbonyl (C=O) groups is 1. The van der Waals surface area contributed by atoms with Crippen molar-refractivity contribution in [3.8, 4) is 0 Å². The van der Waals surface area contributed by atoms with Crippen molar-refractivity contribution in [1.29, 1.82) is 0 Å². The maximum absolute atomic E-state index is 12.1. The van der Waals surface area contributed by atoms with E-state index in [1.165, 1.54) is 0 Å². The second-order valence-electron chi connectivity index (χ2n) is 5.56. The molecular weight excluding hydrogens is 224 g/mol. The topological polar surface area (TPSA) is 41.1 Å². The summed E-state index contributed by atoms with van der Waals surface area (Å²) in [6.07, 6.45) is 0.940. The fourth-order valence-electron chi connectivity index (χ4n) is 2.42. The monoisotopic (exact) mass is 246 g/mol. The summed E-state index contributed by atoms with van der Waals surface area (Å²) in [4.78, 5) is 12.1. The zero-order valence-corrected chi connectivity index (χ0v) is 11.4. The maximum atomic E-state index is 12.1. The van der Waals surface area contributed by atoms with Crippen LogP contribution in [0.25, 0.3) is 0 Å². The summed E-state index contributed by atoms with van der Waals surface area (Å²) in [5.74, 6) is 1.33. The van der Waals surface area contributed by atoms with E-state index in [-0.39, 0.29) is 11.9 Å². The highest BCUT2D eigenvalue weighted by Gasteiger charge is 2.30. The van der Waals surface area contributed by atoms with Crippen LogP contribution < -0.4 is 10.6 Å². The van der Waals surface area contributed by atoms with Crippen LogP contribution in [0.1, 0.15) is 25.8 Å². The van der Waals surface area contributed by atoms with Gasteiger partial charge in [0, 0.05) is 5.69 Å². The molecule has 3 heteroatoms. The van der Waals surface area contributed by atoms with E-state index in [2.05, 4.69) is 24.5 Å². The van der Waals surface area contributed by atoms with E-state index in [0.717, 1.165) is 24.2 Å². The van der Waals surface area contributed by atoms with Gasteiger partial charge in [0.2, 0.25) is 5.91 Å². The number of rotatable bonds is 3. The molecule has 1 heterocycles. The second kappa shape index (κ2) is 5.53. The van der Waals surface area contributed by atoms with Crippen molar-refractivity contribution in [3.63, 3.8) is 0 Å². The van der Waals surface area contributed by atoms with Gasteiger partial charge in [0.25, 0.3) is 0 Å². The van der Waals surface area contributed by atoms with Crippen molar-refractivity contribution in [2.75, 3.05) is 11.9 Å². The Balaban J connectivity index is 1.93. The highest BCUT2D eigenvalue weighted by molar-refractivity contribution is 5.95. The fourth-order valence-corrected chi connectivity index (χ4v) is 2.42. The molecule has 1 aliphatic rings. The minimum absolute atomic E-state index is 0.0436. The molecule has 0 aromatic heterocycles. The van der Waals surface area contributed by atoms with E-state index in [1.807, 2.05) is 31.2 Å². The quantitative estimate of drug-likeness (QED) is 0.860. The minimum atomic E-state index is -0.0436. The maximum Gasteiger partial charge on any atom is 0.241 e. The predicted molar refractivity (Wildman–Crippen MR) is 74.5 cm³/mol. The van der Waals surface area contributed by atoms with Gasteiger partial charge in [0.05, 0.1) is 6.04 Å². The Bertz CT molecular complexity index is 428. The summed E-state index contributed by atoms with van der Waals surface area (Å²) < 4.78 is 0. The number of benzene rings is 1. The number of hydrogen-bond donors (Lipinski definition) is 2. The molecule has 1 amide bonds. The van der Waals surface area contributed by atoms with Gasteiger partial charge in [0.1, 0.15) is 0 Å². The summed E-state index contributed by atoms with van der Waals surface area (Å²) in [7, 11) is 0. The molecule has 0 radical (unpaired) electrons. The Morgan fingerprint density at radius 2 is 2.22 bits per heavy atom. The molecule has 0 bridgehead atoms. The average molecular weight is 246 g/mol. The van der Waals surface area contributed by atoms with Gasteiger partial charge in [-0.2, -0.15) is 0 Å². The molecular formula is C15H22N2O. The number of carbonyl (C=O) groups excluding carboxylic acids is 1. The third-order valence-corrected chi connectivity index (χ3v) is 3.71. The molecule has 98 valence electrons. The van der Waals surface area contributed by atoms with Gasteiger partial charge >= 0.3 is 0 Å². The van der Waals surface area contributed by atoms with Crippen LogP contribution in [0.15, 0.2) is 24.3 Å². The molecule has 1 unspecified atom stereocenters. The van der Waals surface area contributed by atoms with Crippen LogP contribution in [0.4, 0.5) is 5.69 Å². The average Bonchev–Trinajstić information content (AvgIpc) is 2.78. The van der Waals surface area contributed by atoms with Gasteiger partial charge in [0.15, 0.2) is 0 Å². The molecule has 1 aromatic rings. The molecule has 1 aliphatic heterocycles. The van der Waals surface area contributed by atoms with Crippen molar-refractivity contribution in [2.24, 2.45) is 11.8 Å². The number of anilines is 1. The third kappa shape index (κ3) is 3.10. The molecule has 18 heavy (non-hydrogen) atoms. The van der Waals surface area contributed by atoms with Gasteiger partial charge in [-0.1, -0.05) is 26.0 Å². The van der Waals surface area contributed by atoms with Crippen LogP contribution in [-0.2, 0) is 4.79 Å². The second-order valence-corrected chi connectivity index (χ2v) is 5.56. The number of aryl methyl sites for hydroxylation is 1. The molecule has 1 aromatic carbocycles. The molecule has 2 atom stereocenters. The molecule has 2 rings (SSSR count). The van der Waals surface area contributed by atoms with Gasteiger partial charge in [-0.3, -0.25) is 4.79 Å². The Morgan fingerprint density at radius 3 is 2.83 bits per heavy atom. The minimum Gasteiger partial charge on any atom is -0.325 e. The molecule has 0 saturated carbocycles. The summed E-state index contributed by atoms with van der Waals surface area (Å²) >= 11 is 0. The third-order valence-electron chi connectivity index (χ3n) is 3.71. The lowest BCUT2D eigenvalue weighted by atomic mass is 9.93. The molecule has 0 aliphatic carbocycles. The molecule has 0 spiro atoms. The van der Waals surface area contributed by atoms with E-state index in [4.69, 9.17) is 0 Å². The van der Waals surface area contributed by atoms with E-state index in [1.54, 1.807) is 0 Å². The van der Waals surface area contributed by atoms with Crippen LogP contribution in [0.2, 0.25) is 0 Å². The number of amides is 1. The molecule has 3 nitrogen and oxygen atoms in total. The Morgan fingerprint density at radius 1 is 1.44 bits per heavy atom. The van der Waals surface area contributed by atoms with Crippen LogP contribution >= 0.6 is 0 Å². The Labute approximate surface area is 109 Å². The van der Waals surface area contributed by atoms with E-state index < -0.39 is 0 Å². The van der Waals surface area contributed by atoms with Crippen molar-refractivity contribution < 1.29 is 4.79 Å². The van der Waals surface area contributed by atoms with Crippen molar-refractivity contribution >= 4 is 11.6 Å². The van der Waals surface area contributed by atoms with E-state index in [9.17, 15) is 4.79 Å². The summed E-state index contributed by atoms with van der Waals surface area (Å²) in [6.45, 7) is 7.40. The van der Waals surface area contributed by atoms with Gasteiger partial charge in [-0.05, 0) is 49.4 Å². The first-order valence-electron chi connectivity index (χ1n) is 6.67. The standard InChI is InChI=1S/C15H22N2O/c1-10(2)12-8-14(16-9-12)15(18)17-13-6-4-5-11(3)7-13/h4-7,10,12,14,16H,8-9H2,1-3H3,(H,17,18)/t12-,14?/m0/s1. The lowest BCUT2D eigenvalue weighted by Gasteiger charge is -2.13. The summed E-state index contributed by atoms with van der Waals surface area (Å²) in [6, 6.07) is 7.87. The van der Waals surface area contributed by atoms with E-state index in [0.29, 0.717) is 11.8 Å². The molecule has 1 saturated heterocycles. The number of hydrogen-bond acceptors (Lipinski definition) is 2. The van der Waals surface area contributed by atoms with Gasteiger partial charge < -0.3 is 10.6 Å². The Hall–Kier alpha value is -1.35. The fraction of sp³-hybridized carbons (Fsp3) is 0.533. The van der Waals surface area contributed by atoms with Crippen molar-refractivity contribution in [1.82, 2.24) is 5.32 Å². The highest BCUT2D eigenvalue weighted by Crippen LogP contribution is 2.22. The molecule has 2 N–H and O–H groups in total. The van der Waals surface area contributed by atoms with Gasteiger partial charge in [-0.15, -0.1) is 0 Å². The summed E-state index contributed by atoms with van der Waals surface area (Å²) in [5.41, 5.74) is 2.04. The van der Waals surface area contributed by atoms with Gasteiger partial charge in [-0.25, -0.2) is 0 Å². The Kier molecular flexibility index (Phi) is 4.02. The normalized spacial score (nSPS) is 23.3. The smallest absolute Gasteiger partial charge is 0.241 e. The zero-order valence-electron chi connectivity index (χ0n) is 11.4. The first-order valence-corrected chi connectivity index (χ1v) is 6.67. The van der Waals surface area contributed by atoms with Crippen LogP contribution in [0.3, 0.4) is 0 Å². The zero-order chi connectivity index (χ0) is 13.1. The van der Waals surface area contributed by atoms with Crippen molar-refractivity contribution in [3.05, 3.63) is 29.8 Å². The van der Waals surface area contributed by atoms with Crippen molar-refractivity contribution in [2.45, 2.75) is 33.2 Å². The SMILES string of the molecule is Cc1cccc(NC(=O)C2C[C@H](C(C)C)CN2)c1. The van der Waals surface area contributed by atoms with Crippen LogP contribution in [0, 0.1) is 18.8 Å². The number of nitrogens with one attached hydrogen (secondary N) is 2. The first-order chi connectivity index (χ1) is 8.56. The van der Waals surface area contributed by atoms with E-state index >= 15 is 0 Å². The molecule has 1 fully saturated rings. The predicted octanol–water partition coefficient (Wildman–Crippen LogP) is 2.57. The first kappa shape index (κ1) is 13.1. The van der Waals surface area contributed by atoms with Crippen LogP contribution in [-0.4, -0.2) is 18.5 Å². The van der Waals surface area contributed by atoms with Crippen LogP contribution in [0.5, 0.6) is 0 Å². The highest BCUT2D eigenvalue weighted by atomic mass is 16.2. The lowest BCUT2D eigenvalue weighted by molar-refractivity contribution is -0.117. The largest absolute Gasteiger partial charge is 0.325 e. The summed E-state index contributed by atoms with van der Waals surface area (Å²) in [5, 5.41) is 6.29. The lowest BCUT2D eigenvalue weighted by Crippen LogP contribution is -2.35.